The van der Waals surface area contributed by atoms with E-state index >= 15 is 0 Å². The quantitative estimate of drug-likeness (QED) is 0.716. The summed E-state index contributed by atoms with van der Waals surface area (Å²) in [5.41, 5.74) is 6.82. The van der Waals surface area contributed by atoms with E-state index in [1.165, 1.54) is 12.8 Å². The molecule has 1 unspecified atom stereocenters. The Morgan fingerprint density at radius 3 is 2.88 bits per heavy atom. The number of anilines is 1. The zero-order chi connectivity index (χ0) is 11.7. The van der Waals surface area contributed by atoms with Crippen molar-refractivity contribution in [2.45, 2.75) is 39.2 Å². The van der Waals surface area contributed by atoms with Crippen LogP contribution in [0, 0.1) is 12.8 Å². The fraction of sp³-hybridized carbons (Fsp3) is 0.636. The molecule has 0 aliphatic heterocycles. The highest BCUT2D eigenvalue weighted by Gasteiger charge is 2.25. The van der Waals surface area contributed by atoms with Gasteiger partial charge < -0.3 is 11.1 Å². The molecule has 0 radical (unpaired) electrons. The van der Waals surface area contributed by atoms with Crippen molar-refractivity contribution in [2.75, 3.05) is 5.73 Å². The lowest BCUT2D eigenvalue weighted by Gasteiger charge is -2.13. The molecular formula is C11H18N4O. The number of hydrogen-bond acceptors (Lipinski definition) is 3. The van der Waals surface area contributed by atoms with Gasteiger partial charge >= 0.3 is 0 Å². The van der Waals surface area contributed by atoms with Crippen LogP contribution < -0.4 is 11.1 Å². The highest BCUT2D eigenvalue weighted by molar-refractivity contribution is 5.99. The van der Waals surface area contributed by atoms with Crippen molar-refractivity contribution >= 4 is 11.7 Å². The predicted molar refractivity (Wildman–Crippen MR) is 62.0 cm³/mol. The molecule has 0 aromatic carbocycles. The molecule has 1 saturated carbocycles. The molecule has 1 aliphatic rings. The molecule has 1 amide bonds. The molecule has 1 aromatic rings. The van der Waals surface area contributed by atoms with E-state index < -0.39 is 0 Å². The third-order valence-electron chi connectivity index (χ3n) is 2.96. The van der Waals surface area contributed by atoms with Gasteiger partial charge in [0, 0.05) is 11.7 Å². The first-order valence-electron chi connectivity index (χ1n) is 5.69. The molecule has 1 aromatic heterocycles. The van der Waals surface area contributed by atoms with E-state index in [9.17, 15) is 4.79 Å². The molecule has 5 heteroatoms. The highest BCUT2D eigenvalue weighted by Crippen LogP contribution is 2.33. The van der Waals surface area contributed by atoms with Crippen molar-refractivity contribution in [3.8, 4) is 0 Å². The monoisotopic (exact) mass is 222 g/mol. The minimum Gasteiger partial charge on any atom is -0.382 e. The summed E-state index contributed by atoms with van der Waals surface area (Å²) in [6, 6.07) is 0.202. The summed E-state index contributed by atoms with van der Waals surface area (Å²) in [7, 11) is 0. The Kier molecular flexibility index (Phi) is 2.85. The van der Waals surface area contributed by atoms with Crippen molar-refractivity contribution in [1.29, 1.82) is 0 Å². The van der Waals surface area contributed by atoms with E-state index in [4.69, 9.17) is 5.73 Å². The minimum absolute atomic E-state index is 0.128. The van der Waals surface area contributed by atoms with E-state index in [2.05, 4.69) is 15.5 Å². The van der Waals surface area contributed by atoms with Gasteiger partial charge in [0.25, 0.3) is 5.91 Å². The predicted octanol–water partition coefficient (Wildman–Crippen LogP) is 1.22. The van der Waals surface area contributed by atoms with Gasteiger partial charge in [0.2, 0.25) is 0 Å². The van der Waals surface area contributed by atoms with E-state index in [-0.39, 0.29) is 17.8 Å². The molecule has 88 valence electrons. The SMILES string of the molecule is Cc1[nH]nc(N)c1C(=O)NC(C)CC1CC1. The van der Waals surface area contributed by atoms with Gasteiger partial charge in [-0.1, -0.05) is 12.8 Å². The van der Waals surface area contributed by atoms with Crippen LogP contribution >= 0.6 is 0 Å². The molecule has 1 aliphatic carbocycles. The van der Waals surface area contributed by atoms with Gasteiger partial charge in [-0.15, -0.1) is 0 Å². The van der Waals surface area contributed by atoms with E-state index in [1.54, 1.807) is 6.92 Å². The first-order chi connectivity index (χ1) is 7.58. The number of H-pyrrole nitrogens is 1. The van der Waals surface area contributed by atoms with Gasteiger partial charge in [-0.3, -0.25) is 9.89 Å². The van der Waals surface area contributed by atoms with Gasteiger partial charge in [0.05, 0.1) is 0 Å². The Bertz CT molecular complexity index is 375. The first-order valence-corrected chi connectivity index (χ1v) is 5.69. The van der Waals surface area contributed by atoms with Crippen molar-refractivity contribution in [3.05, 3.63) is 11.3 Å². The standard InChI is InChI=1S/C11H18N4O/c1-6(5-8-3-4-8)13-11(16)9-7(2)14-15-10(9)12/h6,8H,3-5H2,1-2H3,(H,13,16)(H3,12,14,15). The van der Waals surface area contributed by atoms with Crippen LogP contribution in [0.1, 0.15) is 42.2 Å². The van der Waals surface area contributed by atoms with Crippen molar-refractivity contribution < 1.29 is 4.79 Å². The number of carbonyl (C=O) groups is 1. The average Bonchev–Trinajstić information content (AvgIpc) is 2.92. The van der Waals surface area contributed by atoms with Gasteiger partial charge in [-0.2, -0.15) is 5.10 Å². The van der Waals surface area contributed by atoms with E-state index in [0.29, 0.717) is 11.3 Å². The van der Waals surface area contributed by atoms with Crippen LogP contribution in [0.15, 0.2) is 0 Å². The average molecular weight is 222 g/mol. The molecule has 2 rings (SSSR count). The number of nitrogens with two attached hydrogens (primary N) is 1. The number of nitrogens with zero attached hydrogens (tertiary/aromatic N) is 1. The Labute approximate surface area is 94.8 Å². The van der Waals surface area contributed by atoms with Crippen molar-refractivity contribution in [1.82, 2.24) is 15.5 Å². The van der Waals surface area contributed by atoms with Crippen LogP contribution in [0.5, 0.6) is 0 Å². The van der Waals surface area contributed by atoms with Crippen LogP contribution in [0.3, 0.4) is 0 Å². The fourth-order valence-electron chi connectivity index (χ4n) is 1.94. The number of aromatic amines is 1. The molecule has 0 saturated heterocycles. The smallest absolute Gasteiger partial charge is 0.257 e. The molecule has 0 spiro atoms. The number of nitrogen functional groups attached to an aromatic ring is 1. The third kappa shape index (κ3) is 2.35. The summed E-state index contributed by atoms with van der Waals surface area (Å²) in [6.45, 7) is 3.83. The second-order valence-electron chi connectivity index (χ2n) is 4.66. The minimum atomic E-state index is -0.128. The van der Waals surface area contributed by atoms with Gasteiger partial charge in [-0.25, -0.2) is 0 Å². The van der Waals surface area contributed by atoms with Gasteiger partial charge in [0.1, 0.15) is 5.56 Å². The lowest BCUT2D eigenvalue weighted by atomic mass is 10.1. The molecule has 16 heavy (non-hydrogen) atoms. The summed E-state index contributed by atoms with van der Waals surface area (Å²) < 4.78 is 0. The maximum Gasteiger partial charge on any atom is 0.257 e. The zero-order valence-corrected chi connectivity index (χ0v) is 9.71. The summed E-state index contributed by atoms with van der Waals surface area (Å²) in [5.74, 6) is 0.948. The number of rotatable bonds is 4. The Morgan fingerprint density at radius 1 is 1.69 bits per heavy atom. The van der Waals surface area contributed by atoms with Gasteiger partial charge in [-0.05, 0) is 26.2 Å². The number of nitrogens with one attached hydrogen (secondary N) is 2. The second-order valence-corrected chi connectivity index (χ2v) is 4.66. The van der Waals surface area contributed by atoms with E-state index in [0.717, 1.165) is 12.3 Å². The number of aromatic nitrogens is 2. The van der Waals surface area contributed by atoms with Crippen LogP contribution in [-0.4, -0.2) is 22.1 Å². The lowest BCUT2D eigenvalue weighted by Crippen LogP contribution is -2.33. The first kappa shape index (κ1) is 11.0. The molecule has 5 nitrogen and oxygen atoms in total. The normalized spacial score (nSPS) is 17.1. The lowest BCUT2D eigenvalue weighted by molar-refractivity contribution is 0.0938. The molecule has 4 N–H and O–H groups in total. The topological polar surface area (TPSA) is 83.8 Å². The summed E-state index contributed by atoms with van der Waals surface area (Å²) >= 11 is 0. The highest BCUT2D eigenvalue weighted by atomic mass is 16.1. The summed E-state index contributed by atoms with van der Waals surface area (Å²) in [6.07, 6.45) is 3.66. The maximum atomic E-state index is 11.9. The van der Waals surface area contributed by atoms with Crippen molar-refractivity contribution in [2.24, 2.45) is 5.92 Å². The molecular weight excluding hydrogens is 204 g/mol. The molecule has 0 bridgehead atoms. The van der Waals surface area contributed by atoms with Crippen LogP contribution in [0.25, 0.3) is 0 Å². The number of hydrogen-bond donors (Lipinski definition) is 3. The van der Waals surface area contributed by atoms with Gasteiger partial charge in [0.15, 0.2) is 5.82 Å². The number of carbonyl (C=O) groups excluding carboxylic acids is 1. The maximum absolute atomic E-state index is 11.9. The molecule has 1 atom stereocenters. The Balaban J connectivity index is 1.96. The van der Waals surface area contributed by atoms with E-state index in [1.807, 2.05) is 6.92 Å². The second kappa shape index (κ2) is 4.15. The summed E-state index contributed by atoms with van der Waals surface area (Å²) in [5, 5.41) is 9.47. The third-order valence-corrected chi connectivity index (χ3v) is 2.96. The van der Waals surface area contributed by atoms with Crippen LogP contribution in [0.4, 0.5) is 5.82 Å². The summed E-state index contributed by atoms with van der Waals surface area (Å²) in [4.78, 5) is 11.9. The molecule has 1 fully saturated rings. The Hall–Kier alpha value is -1.52. The van der Waals surface area contributed by atoms with Crippen molar-refractivity contribution in [3.63, 3.8) is 0 Å². The Morgan fingerprint density at radius 2 is 2.38 bits per heavy atom. The fourth-order valence-corrected chi connectivity index (χ4v) is 1.94. The number of amides is 1. The molecule has 1 heterocycles. The van der Waals surface area contributed by atoms with Crippen LogP contribution in [0.2, 0.25) is 0 Å². The number of aryl methyl sites for hydroxylation is 1. The zero-order valence-electron chi connectivity index (χ0n) is 9.71. The largest absolute Gasteiger partial charge is 0.382 e. The van der Waals surface area contributed by atoms with Crippen LogP contribution in [-0.2, 0) is 0 Å².